The maximum atomic E-state index is 13.8. The van der Waals surface area contributed by atoms with Crippen LogP contribution in [0.1, 0.15) is 82.0 Å². The lowest BCUT2D eigenvalue weighted by Crippen LogP contribution is -2.46. The van der Waals surface area contributed by atoms with Gasteiger partial charge >= 0.3 is 0 Å². The second-order valence-electron chi connectivity index (χ2n) is 12.3. The number of carbonyl (C=O) groups is 1. The molecule has 1 fully saturated rings. The van der Waals surface area contributed by atoms with E-state index in [-0.39, 0.29) is 29.8 Å². The predicted octanol–water partition coefficient (Wildman–Crippen LogP) is 6.16. The van der Waals surface area contributed by atoms with Crippen molar-refractivity contribution in [1.82, 2.24) is 14.9 Å². The van der Waals surface area contributed by atoms with E-state index in [1.165, 1.54) is 28.0 Å². The minimum Gasteiger partial charge on any atom is -0.349 e. The second kappa shape index (κ2) is 11.7. The molecule has 1 aliphatic heterocycles. The standard InChI is InChI=1S/C31H41N3O3S2/c1-31(2,3)21-32-19-22-14-15-25-23(17-22)9-8-12-27(25)33-30(35)18-24-10-6-7-16-34(24)39(36,37)29-20-38-28-13-5-4-11-26(28)29/h4-5,11,13-15,17,20,24,27,32H,6-10,12,16,18-19,21H2,1-3H3,(H,33,35). The summed E-state index contributed by atoms with van der Waals surface area (Å²) in [6, 6.07) is 13.9. The highest BCUT2D eigenvalue weighted by Crippen LogP contribution is 2.35. The van der Waals surface area contributed by atoms with E-state index in [0.29, 0.717) is 17.9 Å². The van der Waals surface area contributed by atoms with E-state index >= 15 is 0 Å². The molecule has 2 aromatic carbocycles. The van der Waals surface area contributed by atoms with Gasteiger partial charge in [-0.1, -0.05) is 63.6 Å². The van der Waals surface area contributed by atoms with Crippen molar-refractivity contribution in [2.75, 3.05) is 13.1 Å². The molecule has 210 valence electrons. The molecule has 3 aromatic rings. The highest BCUT2D eigenvalue weighted by molar-refractivity contribution is 7.89. The minimum atomic E-state index is -3.69. The third-order valence-corrected chi connectivity index (χ3v) is 11.0. The average Bonchev–Trinajstić information content (AvgIpc) is 3.33. The molecule has 5 rings (SSSR count). The number of aryl methyl sites for hydroxylation is 1. The van der Waals surface area contributed by atoms with Gasteiger partial charge in [-0.25, -0.2) is 8.42 Å². The molecule has 39 heavy (non-hydrogen) atoms. The number of thiophene rings is 1. The molecule has 1 amide bonds. The number of sulfonamides is 1. The summed E-state index contributed by atoms with van der Waals surface area (Å²) in [6.45, 7) is 8.94. The molecule has 1 aromatic heterocycles. The molecule has 0 spiro atoms. The fourth-order valence-electron chi connectivity index (χ4n) is 5.95. The van der Waals surface area contributed by atoms with E-state index in [0.717, 1.165) is 55.3 Å². The van der Waals surface area contributed by atoms with Crippen molar-refractivity contribution in [2.45, 2.75) is 89.2 Å². The Bertz CT molecular complexity index is 1420. The van der Waals surface area contributed by atoms with Gasteiger partial charge in [-0.15, -0.1) is 11.3 Å². The zero-order valence-electron chi connectivity index (χ0n) is 23.3. The summed E-state index contributed by atoms with van der Waals surface area (Å²) in [5.74, 6) is -0.0638. The molecular weight excluding hydrogens is 526 g/mol. The highest BCUT2D eigenvalue weighted by atomic mass is 32.2. The number of piperidine rings is 1. The van der Waals surface area contributed by atoms with Crippen molar-refractivity contribution in [3.05, 3.63) is 64.5 Å². The quantitative estimate of drug-likeness (QED) is 0.342. The Morgan fingerprint density at radius 3 is 2.72 bits per heavy atom. The normalized spacial score (nSPS) is 20.6. The maximum absolute atomic E-state index is 13.8. The lowest BCUT2D eigenvalue weighted by atomic mass is 9.86. The van der Waals surface area contributed by atoms with Crippen LogP contribution in [0, 0.1) is 5.41 Å². The fourth-order valence-corrected chi connectivity index (χ4v) is 9.12. The summed E-state index contributed by atoms with van der Waals surface area (Å²) in [6.07, 6.45) is 5.63. The first kappa shape index (κ1) is 28.3. The fraction of sp³-hybridized carbons (Fsp3) is 0.516. The molecule has 0 saturated carbocycles. The van der Waals surface area contributed by atoms with Crippen LogP contribution in [0.25, 0.3) is 10.1 Å². The van der Waals surface area contributed by atoms with Crippen LogP contribution in [0.3, 0.4) is 0 Å². The Kier molecular flexibility index (Phi) is 8.48. The van der Waals surface area contributed by atoms with Crippen LogP contribution in [0.15, 0.2) is 52.7 Å². The summed E-state index contributed by atoms with van der Waals surface area (Å²) >= 11 is 1.45. The lowest BCUT2D eigenvalue weighted by Gasteiger charge is -2.35. The number of hydrogen-bond acceptors (Lipinski definition) is 5. The zero-order valence-corrected chi connectivity index (χ0v) is 25.0. The van der Waals surface area contributed by atoms with Crippen LogP contribution in [0.4, 0.5) is 0 Å². The molecule has 0 radical (unpaired) electrons. The number of fused-ring (bicyclic) bond motifs is 2. The number of amides is 1. The lowest BCUT2D eigenvalue weighted by molar-refractivity contribution is -0.123. The van der Waals surface area contributed by atoms with Crippen LogP contribution in [-0.2, 0) is 27.8 Å². The Morgan fingerprint density at radius 1 is 1.08 bits per heavy atom. The van der Waals surface area contributed by atoms with E-state index in [2.05, 4.69) is 49.6 Å². The van der Waals surface area contributed by atoms with E-state index in [9.17, 15) is 13.2 Å². The largest absolute Gasteiger partial charge is 0.349 e. The van der Waals surface area contributed by atoms with Crippen molar-refractivity contribution in [3.63, 3.8) is 0 Å². The molecule has 1 saturated heterocycles. The van der Waals surface area contributed by atoms with E-state index in [1.807, 2.05) is 24.3 Å². The molecule has 6 nitrogen and oxygen atoms in total. The van der Waals surface area contributed by atoms with Crippen molar-refractivity contribution in [3.8, 4) is 0 Å². The molecule has 2 aliphatic rings. The first-order valence-electron chi connectivity index (χ1n) is 14.2. The zero-order chi connectivity index (χ0) is 27.6. The number of nitrogens with one attached hydrogen (secondary N) is 2. The second-order valence-corrected chi connectivity index (χ2v) is 15.0. The van der Waals surface area contributed by atoms with E-state index < -0.39 is 10.0 Å². The summed E-state index contributed by atoms with van der Waals surface area (Å²) in [5, 5.41) is 9.33. The predicted molar refractivity (Wildman–Crippen MR) is 159 cm³/mol. The molecular formula is C31H41N3O3S2. The molecule has 0 bridgehead atoms. The maximum Gasteiger partial charge on any atom is 0.244 e. The van der Waals surface area contributed by atoms with Crippen molar-refractivity contribution >= 4 is 37.4 Å². The average molecular weight is 568 g/mol. The smallest absolute Gasteiger partial charge is 0.244 e. The van der Waals surface area contributed by atoms with Gasteiger partial charge in [0.15, 0.2) is 0 Å². The Hall–Kier alpha value is -2.26. The molecule has 2 atom stereocenters. The summed E-state index contributed by atoms with van der Waals surface area (Å²) in [7, 11) is -3.69. The van der Waals surface area contributed by atoms with E-state index in [4.69, 9.17) is 0 Å². The SMILES string of the molecule is CC(C)(C)CNCc1ccc2c(c1)CCCC2NC(=O)CC1CCCCN1S(=O)(=O)c1csc2ccccc12. The molecule has 2 heterocycles. The summed E-state index contributed by atoms with van der Waals surface area (Å²) in [5.41, 5.74) is 4.03. The van der Waals surface area contributed by atoms with Crippen LogP contribution in [-0.4, -0.2) is 37.8 Å². The highest BCUT2D eigenvalue weighted by Gasteiger charge is 2.36. The van der Waals surface area contributed by atoms with Crippen molar-refractivity contribution in [2.24, 2.45) is 5.41 Å². The number of rotatable bonds is 8. The van der Waals surface area contributed by atoms with E-state index in [1.54, 1.807) is 9.69 Å². The van der Waals surface area contributed by atoms with Gasteiger partial charge in [0.1, 0.15) is 4.90 Å². The van der Waals surface area contributed by atoms with Crippen LogP contribution < -0.4 is 10.6 Å². The van der Waals surface area contributed by atoms with Gasteiger partial charge in [0, 0.05) is 47.6 Å². The minimum absolute atomic E-state index is 0.0210. The van der Waals surface area contributed by atoms with Crippen LogP contribution in [0.2, 0.25) is 0 Å². The summed E-state index contributed by atoms with van der Waals surface area (Å²) in [4.78, 5) is 13.7. The first-order valence-corrected chi connectivity index (χ1v) is 16.5. The third-order valence-electron chi connectivity index (χ3n) is 7.87. The van der Waals surface area contributed by atoms with Crippen LogP contribution in [0.5, 0.6) is 0 Å². The van der Waals surface area contributed by atoms with Gasteiger partial charge in [-0.05, 0) is 60.3 Å². The van der Waals surface area contributed by atoms with Crippen molar-refractivity contribution < 1.29 is 13.2 Å². The van der Waals surface area contributed by atoms with Crippen LogP contribution >= 0.6 is 11.3 Å². The topological polar surface area (TPSA) is 78.5 Å². The number of nitrogens with zero attached hydrogens (tertiary/aromatic N) is 1. The number of carbonyl (C=O) groups excluding carboxylic acids is 1. The molecule has 2 unspecified atom stereocenters. The molecule has 1 aliphatic carbocycles. The monoisotopic (exact) mass is 567 g/mol. The summed E-state index contributed by atoms with van der Waals surface area (Å²) < 4.78 is 30.1. The van der Waals surface area contributed by atoms with Gasteiger partial charge in [-0.2, -0.15) is 4.31 Å². The van der Waals surface area contributed by atoms with Gasteiger partial charge < -0.3 is 10.6 Å². The first-order chi connectivity index (χ1) is 18.6. The number of benzene rings is 2. The Morgan fingerprint density at radius 2 is 1.90 bits per heavy atom. The Labute approximate surface area is 237 Å². The molecule has 8 heteroatoms. The number of hydrogen-bond donors (Lipinski definition) is 2. The van der Waals surface area contributed by atoms with Gasteiger partial charge in [-0.3, -0.25) is 4.79 Å². The van der Waals surface area contributed by atoms with Gasteiger partial charge in [0.2, 0.25) is 15.9 Å². The van der Waals surface area contributed by atoms with Gasteiger partial charge in [0.05, 0.1) is 6.04 Å². The molecule has 2 N–H and O–H groups in total. The van der Waals surface area contributed by atoms with Crippen molar-refractivity contribution in [1.29, 1.82) is 0 Å². The van der Waals surface area contributed by atoms with Gasteiger partial charge in [0.25, 0.3) is 0 Å². The third kappa shape index (κ3) is 6.56. The Balaban J connectivity index is 1.26.